The van der Waals surface area contributed by atoms with Crippen LogP contribution in [0.15, 0.2) is 76.6 Å². The summed E-state index contributed by atoms with van der Waals surface area (Å²) >= 11 is 1.24. The van der Waals surface area contributed by atoms with Gasteiger partial charge in [0.2, 0.25) is 0 Å². The van der Waals surface area contributed by atoms with Crippen LogP contribution in [-0.2, 0) is 4.79 Å². The Balaban J connectivity index is 1.69. The first-order valence-corrected chi connectivity index (χ1v) is 9.09. The molecule has 1 aliphatic rings. The van der Waals surface area contributed by atoms with Crippen molar-refractivity contribution >= 4 is 51.3 Å². The Morgan fingerprint density at radius 1 is 1.00 bits per heavy atom. The highest BCUT2D eigenvalue weighted by molar-refractivity contribution is 8.18. The Labute approximate surface area is 160 Å². The highest BCUT2D eigenvalue weighted by atomic mass is 32.2. The standard InChI is InChI=1S/C21H15N3O2S/c22-19(25)16-10-3-4-11-17(16)23-21-24-20(26)18(27-21)12-14-8-5-7-13-6-1-2-9-15(13)14/h1-12H,(H2,22,25)(H,23,24,26)/b18-12-. The van der Waals surface area contributed by atoms with Crippen LogP contribution in [0.1, 0.15) is 15.9 Å². The topological polar surface area (TPSA) is 84.6 Å². The zero-order chi connectivity index (χ0) is 18.8. The lowest BCUT2D eigenvalue weighted by Crippen LogP contribution is -2.19. The molecule has 3 N–H and O–H groups in total. The zero-order valence-electron chi connectivity index (χ0n) is 14.2. The molecule has 1 fully saturated rings. The molecule has 3 aromatic carbocycles. The Morgan fingerprint density at radius 3 is 2.59 bits per heavy atom. The minimum absolute atomic E-state index is 0.219. The summed E-state index contributed by atoms with van der Waals surface area (Å²) in [4.78, 5) is 28.8. The van der Waals surface area contributed by atoms with Crippen LogP contribution in [0.5, 0.6) is 0 Å². The van der Waals surface area contributed by atoms with Crippen molar-refractivity contribution in [3.8, 4) is 0 Å². The first-order valence-electron chi connectivity index (χ1n) is 8.28. The van der Waals surface area contributed by atoms with Gasteiger partial charge in [0.1, 0.15) is 0 Å². The summed E-state index contributed by atoms with van der Waals surface area (Å²) in [5.41, 5.74) is 7.09. The Morgan fingerprint density at radius 2 is 1.74 bits per heavy atom. The van der Waals surface area contributed by atoms with Crippen LogP contribution in [0.3, 0.4) is 0 Å². The van der Waals surface area contributed by atoms with E-state index in [9.17, 15) is 9.59 Å². The number of carbonyl (C=O) groups excluding carboxylic acids is 2. The van der Waals surface area contributed by atoms with E-state index in [0.717, 1.165) is 16.3 Å². The van der Waals surface area contributed by atoms with E-state index >= 15 is 0 Å². The fourth-order valence-corrected chi connectivity index (χ4v) is 3.71. The predicted octanol–water partition coefficient (Wildman–Crippen LogP) is 3.83. The summed E-state index contributed by atoms with van der Waals surface area (Å²) in [7, 11) is 0. The van der Waals surface area contributed by atoms with Crippen LogP contribution >= 0.6 is 11.8 Å². The average Bonchev–Trinajstić information content (AvgIpc) is 3.01. The number of nitrogens with one attached hydrogen (secondary N) is 1. The Kier molecular flexibility index (Phi) is 4.48. The van der Waals surface area contributed by atoms with Crippen LogP contribution in [0, 0.1) is 0 Å². The number of nitrogens with two attached hydrogens (primary N) is 1. The van der Waals surface area contributed by atoms with Crippen molar-refractivity contribution in [3.05, 3.63) is 82.8 Å². The molecule has 6 heteroatoms. The molecular weight excluding hydrogens is 358 g/mol. The molecule has 132 valence electrons. The molecule has 0 saturated carbocycles. The van der Waals surface area contributed by atoms with E-state index in [-0.39, 0.29) is 5.91 Å². The van der Waals surface area contributed by atoms with Gasteiger partial charge in [0.15, 0.2) is 5.17 Å². The Hall–Kier alpha value is -3.38. The number of para-hydroxylation sites is 1. The number of fused-ring (bicyclic) bond motifs is 1. The quantitative estimate of drug-likeness (QED) is 0.684. The molecule has 0 spiro atoms. The van der Waals surface area contributed by atoms with E-state index in [2.05, 4.69) is 10.3 Å². The molecular formula is C21H15N3O2S. The maximum Gasteiger partial charge on any atom is 0.264 e. The smallest absolute Gasteiger partial charge is 0.264 e. The third-order valence-electron chi connectivity index (χ3n) is 4.15. The van der Waals surface area contributed by atoms with Gasteiger partial charge in [0, 0.05) is 0 Å². The van der Waals surface area contributed by atoms with Crippen LogP contribution in [0.25, 0.3) is 16.8 Å². The van der Waals surface area contributed by atoms with Crippen molar-refractivity contribution in [1.82, 2.24) is 5.32 Å². The van der Waals surface area contributed by atoms with Crippen molar-refractivity contribution in [3.63, 3.8) is 0 Å². The van der Waals surface area contributed by atoms with E-state index in [1.165, 1.54) is 11.8 Å². The van der Waals surface area contributed by atoms with Gasteiger partial charge in [0.05, 0.1) is 16.2 Å². The first kappa shape index (κ1) is 17.1. The van der Waals surface area contributed by atoms with Crippen LogP contribution in [0.2, 0.25) is 0 Å². The lowest BCUT2D eigenvalue weighted by molar-refractivity contribution is -0.115. The van der Waals surface area contributed by atoms with Gasteiger partial charge >= 0.3 is 0 Å². The van der Waals surface area contributed by atoms with Crippen LogP contribution in [0.4, 0.5) is 5.69 Å². The summed E-state index contributed by atoms with van der Waals surface area (Å²) < 4.78 is 0. The number of hydrogen-bond donors (Lipinski definition) is 2. The third kappa shape index (κ3) is 3.47. The van der Waals surface area contributed by atoms with Crippen molar-refractivity contribution in [2.24, 2.45) is 10.7 Å². The number of hydrogen-bond acceptors (Lipinski definition) is 4. The first-order chi connectivity index (χ1) is 13.1. The molecule has 2 amide bonds. The molecule has 1 heterocycles. The minimum Gasteiger partial charge on any atom is -0.366 e. The molecule has 0 aromatic heterocycles. The molecule has 3 aromatic rings. The van der Waals surface area contributed by atoms with Gasteiger partial charge in [-0.2, -0.15) is 0 Å². The Bertz CT molecular complexity index is 1130. The molecule has 4 rings (SSSR count). The van der Waals surface area contributed by atoms with Crippen molar-refractivity contribution < 1.29 is 9.59 Å². The monoisotopic (exact) mass is 373 g/mol. The summed E-state index contributed by atoms with van der Waals surface area (Å²) in [5.74, 6) is -0.779. The van der Waals surface area contributed by atoms with Crippen molar-refractivity contribution in [2.45, 2.75) is 0 Å². The number of primary amides is 1. The summed E-state index contributed by atoms with van der Waals surface area (Å²) in [6, 6.07) is 20.8. The number of amides is 2. The van der Waals surface area contributed by atoms with Crippen molar-refractivity contribution in [2.75, 3.05) is 0 Å². The van der Waals surface area contributed by atoms with Gasteiger partial charge in [-0.05, 0) is 46.3 Å². The number of rotatable bonds is 3. The average molecular weight is 373 g/mol. The molecule has 0 atom stereocenters. The predicted molar refractivity (Wildman–Crippen MR) is 110 cm³/mol. The molecule has 0 unspecified atom stereocenters. The molecule has 0 bridgehead atoms. The van der Waals surface area contributed by atoms with E-state index < -0.39 is 5.91 Å². The second-order valence-corrected chi connectivity index (χ2v) is 6.96. The SMILES string of the molecule is NC(=O)c1ccccc1N=C1NC(=O)/C(=C/c2cccc3ccccc23)S1. The molecule has 1 aliphatic heterocycles. The summed E-state index contributed by atoms with van der Waals surface area (Å²) in [5, 5.41) is 5.34. The van der Waals surface area contributed by atoms with E-state index in [4.69, 9.17) is 5.73 Å². The zero-order valence-corrected chi connectivity index (χ0v) is 15.0. The fourth-order valence-electron chi connectivity index (χ4n) is 2.89. The second-order valence-electron chi connectivity index (χ2n) is 5.93. The number of benzene rings is 3. The number of thioether (sulfide) groups is 1. The minimum atomic E-state index is -0.559. The van der Waals surface area contributed by atoms with Gasteiger partial charge in [-0.15, -0.1) is 0 Å². The largest absolute Gasteiger partial charge is 0.366 e. The normalized spacial score (nSPS) is 16.8. The third-order valence-corrected chi connectivity index (χ3v) is 5.06. The molecule has 0 radical (unpaired) electrons. The number of aliphatic imine (C=N–C) groups is 1. The number of nitrogens with zero attached hydrogens (tertiary/aromatic N) is 1. The molecule has 0 aliphatic carbocycles. The maximum absolute atomic E-state index is 12.4. The second kappa shape index (κ2) is 7.09. The lowest BCUT2D eigenvalue weighted by Gasteiger charge is -2.02. The number of amidine groups is 1. The van der Waals surface area contributed by atoms with Crippen LogP contribution in [-0.4, -0.2) is 17.0 Å². The van der Waals surface area contributed by atoms with Gasteiger partial charge < -0.3 is 11.1 Å². The summed E-state index contributed by atoms with van der Waals surface area (Å²) in [6.07, 6.45) is 1.85. The molecule has 27 heavy (non-hydrogen) atoms. The fraction of sp³-hybridized carbons (Fsp3) is 0. The maximum atomic E-state index is 12.4. The highest BCUT2D eigenvalue weighted by Crippen LogP contribution is 2.30. The van der Waals surface area contributed by atoms with Crippen molar-refractivity contribution in [1.29, 1.82) is 0 Å². The van der Waals surface area contributed by atoms with Gasteiger partial charge in [-0.3, -0.25) is 9.59 Å². The lowest BCUT2D eigenvalue weighted by atomic mass is 10.0. The van der Waals surface area contributed by atoms with Crippen LogP contribution < -0.4 is 11.1 Å². The highest BCUT2D eigenvalue weighted by Gasteiger charge is 2.24. The van der Waals surface area contributed by atoms with E-state index in [0.29, 0.717) is 21.3 Å². The van der Waals surface area contributed by atoms with Gasteiger partial charge in [-0.25, -0.2) is 4.99 Å². The number of carbonyl (C=O) groups is 2. The molecule has 1 saturated heterocycles. The summed E-state index contributed by atoms with van der Waals surface area (Å²) in [6.45, 7) is 0. The van der Waals surface area contributed by atoms with Gasteiger partial charge in [0.25, 0.3) is 11.8 Å². The van der Waals surface area contributed by atoms with E-state index in [1.807, 2.05) is 48.5 Å². The van der Waals surface area contributed by atoms with E-state index in [1.54, 1.807) is 24.3 Å². The molecule has 5 nitrogen and oxygen atoms in total. The van der Waals surface area contributed by atoms with Gasteiger partial charge in [-0.1, -0.05) is 54.6 Å².